The first kappa shape index (κ1) is 18.2. The van der Waals surface area contributed by atoms with Gasteiger partial charge in [-0.05, 0) is 64.5 Å². The summed E-state index contributed by atoms with van der Waals surface area (Å²) in [5.41, 5.74) is 0.531. The zero-order valence-corrected chi connectivity index (χ0v) is 14.9. The van der Waals surface area contributed by atoms with Gasteiger partial charge in [0.05, 0.1) is 10.4 Å². The van der Waals surface area contributed by atoms with Crippen molar-refractivity contribution in [3.8, 4) is 0 Å². The SMILES string of the molecule is CC(C)(C)S(=O)(=O)NC1CCC(CNc2ccccc2F)CC1. The van der Waals surface area contributed by atoms with Crippen molar-refractivity contribution in [2.24, 2.45) is 5.92 Å². The van der Waals surface area contributed by atoms with Gasteiger partial charge in [0.1, 0.15) is 5.82 Å². The predicted molar refractivity (Wildman–Crippen MR) is 92.4 cm³/mol. The quantitative estimate of drug-likeness (QED) is 0.861. The second kappa shape index (κ2) is 7.18. The van der Waals surface area contributed by atoms with Crippen LogP contribution in [-0.4, -0.2) is 25.8 Å². The molecule has 0 bridgehead atoms. The number of sulfonamides is 1. The highest BCUT2D eigenvalue weighted by Crippen LogP contribution is 2.27. The molecule has 2 N–H and O–H groups in total. The highest BCUT2D eigenvalue weighted by molar-refractivity contribution is 7.90. The van der Waals surface area contributed by atoms with E-state index in [2.05, 4.69) is 10.0 Å². The molecule has 6 heteroatoms. The second-order valence-corrected chi connectivity index (χ2v) is 9.78. The van der Waals surface area contributed by atoms with E-state index in [1.807, 2.05) is 6.07 Å². The monoisotopic (exact) mass is 342 g/mol. The third-order valence-electron chi connectivity index (χ3n) is 4.43. The number of benzene rings is 1. The summed E-state index contributed by atoms with van der Waals surface area (Å²) in [6.45, 7) is 5.84. The van der Waals surface area contributed by atoms with Crippen LogP contribution in [0.3, 0.4) is 0 Å². The maximum absolute atomic E-state index is 13.6. The number of nitrogens with one attached hydrogen (secondary N) is 2. The van der Waals surface area contributed by atoms with Crippen molar-refractivity contribution < 1.29 is 12.8 Å². The average molecular weight is 342 g/mol. The Morgan fingerprint density at radius 1 is 1.13 bits per heavy atom. The van der Waals surface area contributed by atoms with Gasteiger partial charge in [-0.15, -0.1) is 0 Å². The van der Waals surface area contributed by atoms with E-state index in [-0.39, 0.29) is 11.9 Å². The lowest BCUT2D eigenvalue weighted by atomic mass is 9.86. The summed E-state index contributed by atoms with van der Waals surface area (Å²) in [5, 5.41) is 3.16. The van der Waals surface area contributed by atoms with E-state index in [0.29, 0.717) is 11.6 Å². The zero-order valence-electron chi connectivity index (χ0n) is 14.1. The Hall–Kier alpha value is -1.14. The van der Waals surface area contributed by atoms with E-state index in [1.54, 1.807) is 32.9 Å². The Morgan fingerprint density at radius 3 is 2.30 bits per heavy atom. The van der Waals surface area contributed by atoms with Crippen molar-refractivity contribution >= 4 is 15.7 Å². The van der Waals surface area contributed by atoms with Gasteiger partial charge in [-0.1, -0.05) is 12.1 Å². The molecule has 0 amide bonds. The topological polar surface area (TPSA) is 58.2 Å². The molecule has 130 valence electrons. The van der Waals surface area contributed by atoms with E-state index in [1.165, 1.54) is 6.07 Å². The largest absolute Gasteiger partial charge is 0.382 e. The Balaban J connectivity index is 1.79. The van der Waals surface area contributed by atoms with Gasteiger partial charge >= 0.3 is 0 Å². The molecule has 1 aliphatic carbocycles. The van der Waals surface area contributed by atoms with Crippen LogP contribution in [0, 0.1) is 11.7 Å². The molecule has 23 heavy (non-hydrogen) atoms. The van der Waals surface area contributed by atoms with Crippen LogP contribution in [0.4, 0.5) is 10.1 Å². The number of anilines is 1. The van der Waals surface area contributed by atoms with E-state index >= 15 is 0 Å². The predicted octanol–water partition coefficient (Wildman–Crippen LogP) is 3.51. The van der Waals surface area contributed by atoms with Gasteiger partial charge in [-0.3, -0.25) is 0 Å². The summed E-state index contributed by atoms with van der Waals surface area (Å²) in [6, 6.07) is 6.68. The van der Waals surface area contributed by atoms with Crippen LogP contribution in [0.5, 0.6) is 0 Å². The average Bonchev–Trinajstić information content (AvgIpc) is 2.46. The Labute approximate surface area is 138 Å². The first-order valence-corrected chi connectivity index (χ1v) is 9.67. The first-order valence-electron chi connectivity index (χ1n) is 8.19. The molecule has 0 saturated heterocycles. The molecule has 4 nitrogen and oxygen atoms in total. The van der Waals surface area contributed by atoms with Crippen LogP contribution in [0.15, 0.2) is 24.3 Å². The molecule has 1 aromatic carbocycles. The molecule has 0 atom stereocenters. The minimum Gasteiger partial charge on any atom is -0.382 e. The van der Waals surface area contributed by atoms with Crippen molar-refractivity contribution in [1.82, 2.24) is 4.72 Å². The van der Waals surface area contributed by atoms with Gasteiger partial charge in [0.2, 0.25) is 10.0 Å². The minimum absolute atomic E-state index is 0.0175. The second-order valence-electron chi connectivity index (χ2n) is 7.31. The number of hydrogen-bond donors (Lipinski definition) is 2. The maximum atomic E-state index is 13.6. The van der Waals surface area contributed by atoms with Crippen molar-refractivity contribution in [1.29, 1.82) is 0 Å². The molecule has 0 spiro atoms. The number of halogens is 1. The van der Waals surface area contributed by atoms with Crippen molar-refractivity contribution in [2.75, 3.05) is 11.9 Å². The summed E-state index contributed by atoms with van der Waals surface area (Å²) < 4.78 is 40.0. The van der Waals surface area contributed by atoms with Crippen LogP contribution in [0.25, 0.3) is 0 Å². The highest BCUT2D eigenvalue weighted by atomic mass is 32.2. The minimum atomic E-state index is -3.29. The molecule has 0 aromatic heterocycles. The van der Waals surface area contributed by atoms with Crippen LogP contribution in [0.2, 0.25) is 0 Å². The van der Waals surface area contributed by atoms with Crippen molar-refractivity contribution in [3.05, 3.63) is 30.1 Å². The molecule has 1 aromatic rings. The van der Waals surface area contributed by atoms with E-state index in [9.17, 15) is 12.8 Å². The molecule has 0 aliphatic heterocycles. The summed E-state index contributed by atoms with van der Waals surface area (Å²) in [4.78, 5) is 0. The van der Waals surface area contributed by atoms with Gasteiger partial charge in [-0.25, -0.2) is 17.5 Å². The van der Waals surface area contributed by atoms with Gasteiger partial charge in [0, 0.05) is 12.6 Å². The lowest BCUT2D eigenvalue weighted by Gasteiger charge is -2.31. The molecule has 0 heterocycles. The molecule has 0 radical (unpaired) electrons. The van der Waals surface area contributed by atoms with E-state index in [0.717, 1.165) is 32.2 Å². The summed E-state index contributed by atoms with van der Waals surface area (Å²) >= 11 is 0. The lowest BCUT2D eigenvalue weighted by Crippen LogP contribution is -2.46. The Bertz CT molecular complexity index is 618. The maximum Gasteiger partial charge on any atom is 0.216 e. The van der Waals surface area contributed by atoms with Crippen molar-refractivity contribution in [2.45, 2.75) is 57.2 Å². The smallest absolute Gasteiger partial charge is 0.216 e. The molecular formula is C17H27FN2O2S. The molecule has 1 aliphatic rings. The molecule has 2 rings (SSSR count). The van der Waals surface area contributed by atoms with Crippen molar-refractivity contribution in [3.63, 3.8) is 0 Å². The lowest BCUT2D eigenvalue weighted by molar-refractivity contribution is 0.322. The van der Waals surface area contributed by atoms with Crippen LogP contribution < -0.4 is 10.0 Å². The zero-order chi connectivity index (χ0) is 17.1. The molecular weight excluding hydrogens is 315 g/mol. The van der Waals surface area contributed by atoms with Gasteiger partial charge in [-0.2, -0.15) is 0 Å². The van der Waals surface area contributed by atoms with Crippen LogP contribution in [0.1, 0.15) is 46.5 Å². The van der Waals surface area contributed by atoms with Gasteiger partial charge < -0.3 is 5.32 Å². The summed E-state index contributed by atoms with van der Waals surface area (Å²) in [5.74, 6) is 0.212. The molecule has 0 unspecified atom stereocenters. The first-order chi connectivity index (χ1) is 10.7. The third-order valence-corrected chi connectivity index (χ3v) is 6.69. The van der Waals surface area contributed by atoms with Crippen LogP contribution >= 0.6 is 0 Å². The Morgan fingerprint density at radius 2 is 1.74 bits per heavy atom. The third kappa shape index (κ3) is 4.91. The summed E-state index contributed by atoms with van der Waals surface area (Å²) in [6.07, 6.45) is 3.55. The fraction of sp³-hybridized carbons (Fsp3) is 0.647. The Kier molecular flexibility index (Phi) is 5.68. The number of hydrogen-bond acceptors (Lipinski definition) is 3. The standard InChI is InChI=1S/C17H27FN2O2S/c1-17(2,3)23(21,22)20-14-10-8-13(9-11-14)12-19-16-7-5-4-6-15(16)18/h4-7,13-14,19-20H,8-12H2,1-3H3. The fourth-order valence-corrected chi connectivity index (χ4v) is 3.77. The number of para-hydroxylation sites is 1. The normalized spacial score (nSPS) is 22.8. The summed E-state index contributed by atoms with van der Waals surface area (Å²) in [7, 11) is -3.29. The molecule has 1 saturated carbocycles. The number of rotatable bonds is 5. The van der Waals surface area contributed by atoms with Gasteiger partial charge in [0.15, 0.2) is 0 Å². The fourth-order valence-electron chi connectivity index (χ4n) is 2.74. The highest BCUT2D eigenvalue weighted by Gasteiger charge is 2.32. The van der Waals surface area contributed by atoms with Gasteiger partial charge in [0.25, 0.3) is 0 Å². The molecule has 1 fully saturated rings. The van der Waals surface area contributed by atoms with E-state index in [4.69, 9.17) is 0 Å². The van der Waals surface area contributed by atoms with E-state index < -0.39 is 14.8 Å². The van der Waals surface area contributed by atoms with Crippen LogP contribution in [-0.2, 0) is 10.0 Å².